The van der Waals surface area contributed by atoms with Crippen LogP contribution < -0.4 is 15.8 Å². The van der Waals surface area contributed by atoms with E-state index in [1.54, 1.807) is 12.1 Å². The second-order valence-electron chi connectivity index (χ2n) is 3.73. The van der Waals surface area contributed by atoms with Crippen LogP contribution >= 0.6 is 0 Å². The Bertz CT molecular complexity index is 385. The van der Waals surface area contributed by atoms with Gasteiger partial charge >= 0.3 is 6.09 Å². The highest BCUT2D eigenvalue weighted by molar-refractivity contribution is 5.64. The molecular formula is C12H19N3O5. The molecule has 1 amide bonds. The highest BCUT2D eigenvalue weighted by Crippen LogP contribution is 2.07. The van der Waals surface area contributed by atoms with Crippen LogP contribution in [0.15, 0.2) is 18.3 Å². The fourth-order valence-corrected chi connectivity index (χ4v) is 1.23. The van der Waals surface area contributed by atoms with E-state index in [2.05, 4.69) is 10.3 Å². The van der Waals surface area contributed by atoms with Gasteiger partial charge in [-0.3, -0.25) is 0 Å². The molecule has 4 N–H and O–H groups in total. The molecule has 0 fully saturated rings. The van der Waals surface area contributed by atoms with Crippen molar-refractivity contribution in [3.8, 4) is 5.88 Å². The van der Waals surface area contributed by atoms with Crippen molar-refractivity contribution in [3.63, 3.8) is 0 Å². The van der Waals surface area contributed by atoms with Gasteiger partial charge in [0.05, 0.1) is 38.3 Å². The number of nitrogen functional groups attached to an aromatic ring is 1. The minimum atomic E-state index is -1.06. The molecule has 8 nitrogen and oxygen atoms in total. The Balaban J connectivity index is 1.87. The highest BCUT2D eigenvalue weighted by Gasteiger charge is 1.96. The first-order valence-corrected chi connectivity index (χ1v) is 6.15. The van der Waals surface area contributed by atoms with Crippen LogP contribution in [0.5, 0.6) is 5.88 Å². The summed E-state index contributed by atoms with van der Waals surface area (Å²) >= 11 is 0. The smallest absolute Gasteiger partial charge is 0.404 e. The molecule has 0 unspecified atom stereocenters. The van der Waals surface area contributed by atoms with E-state index in [9.17, 15) is 4.79 Å². The molecule has 1 rings (SSSR count). The topological polar surface area (TPSA) is 116 Å². The molecule has 0 aliphatic carbocycles. The van der Waals surface area contributed by atoms with Gasteiger partial charge in [0.1, 0.15) is 6.61 Å². The van der Waals surface area contributed by atoms with Gasteiger partial charge in [0.2, 0.25) is 5.88 Å². The Morgan fingerprint density at radius 2 is 1.90 bits per heavy atom. The average molecular weight is 285 g/mol. The van der Waals surface area contributed by atoms with E-state index in [0.717, 1.165) is 0 Å². The number of nitrogens with zero attached hydrogens (tertiary/aromatic N) is 1. The molecule has 1 heterocycles. The van der Waals surface area contributed by atoms with E-state index < -0.39 is 6.09 Å². The van der Waals surface area contributed by atoms with Crippen molar-refractivity contribution in [1.82, 2.24) is 10.3 Å². The molecule has 0 aromatic carbocycles. The molecule has 0 radical (unpaired) electrons. The number of rotatable bonds is 10. The summed E-state index contributed by atoms with van der Waals surface area (Å²) in [6.45, 7) is 2.22. The zero-order valence-electron chi connectivity index (χ0n) is 11.1. The van der Waals surface area contributed by atoms with Crippen molar-refractivity contribution in [2.24, 2.45) is 0 Å². The monoisotopic (exact) mass is 285 g/mol. The van der Waals surface area contributed by atoms with Crippen LogP contribution in [0, 0.1) is 0 Å². The third-order valence-electron chi connectivity index (χ3n) is 2.13. The maximum atomic E-state index is 10.1. The number of nitrogens with one attached hydrogen (secondary N) is 1. The summed E-state index contributed by atoms with van der Waals surface area (Å²) < 4.78 is 15.7. The van der Waals surface area contributed by atoms with Crippen LogP contribution in [-0.4, -0.2) is 55.8 Å². The summed E-state index contributed by atoms with van der Waals surface area (Å²) in [5.74, 6) is 0.499. The maximum absolute atomic E-state index is 10.1. The van der Waals surface area contributed by atoms with Crippen molar-refractivity contribution in [3.05, 3.63) is 18.3 Å². The summed E-state index contributed by atoms with van der Waals surface area (Å²) in [6, 6.07) is 3.40. The fraction of sp³-hybridized carbons (Fsp3) is 0.500. The molecular weight excluding hydrogens is 266 g/mol. The molecule has 0 atom stereocenters. The standard InChI is InChI=1S/C12H19N3O5/c13-10-1-2-11(15-9-10)20-8-7-19-6-5-18-4-3-14-12(16)17/h1-2,9,14H,3-8,13H2,(H,16,17). The first-order valence-electron chi connectivity index (χ1n) is 6.15. The van der Waals surface area contributed by atoms with Crippen molar-refractivity contribution in [2.75, 3.05) is 45.3 Å². The van der Waals surface area contributed by atoms with Gasteiger partial charge in [-0.05, 0) is 6.07 Å². The van der Waals surface area contributed by atoms with Gasteiger partial charge in [-0.1, -0.05) is 0 Å². The zero-order chi connectivity index (χ0) is 14.6. The summed E-state index contributed by atoms with van der Waals surface area (Å²) in [5.41, 5.74) is 6.08. The number of carboxylic acid groups (broad SMARTS) is 1. The number of carbonyl (C=O) groups is 1. The second-order valence-corrected chi connectivity index (χ2v) is 3.73. The predicted molar refractivity (Wildman–Crippen MR) is 71.8 cm³/mol. The molecule has 1 aromatic rings. The molecule has 8 heteroatoms. The number of nitrogens with two attached hydrogens (primary N) is 1. The van der Waals surface area contributed by atoms with Crippen molar-refractivity contribution in [2.45, 2.75) is 0 Å². The van der Waals surface area contributed by atoms with E-state index in [-0.39, 0.29) is 6.54 Å². The molecule has 0 spiro atoms. The number of hydrogen-bond donors (Lipinski definition) is 3. The van der Waals surface area contributed by atoms with Gasteiger partial charge in [-0.15, -0.1) is 0 Å². The maximum Gasteiger partial charge on any atom is 0.404 e. The fourth-order valence-electron chi connectivity index (χ4n) is 1.23. The third kappa shape index (κ3) is 8.11. The molecule has 0 aliphatic heterocycles. The van der Waals surface area contributed by atoms with Crippen LogP contribution in [-0.2, 0) is 9.47 Å². The first-order chi connectivity index (χ1) is 9.68. The number of pyridine rings is 1. The third-order valence-corrected chi connectivity index (χ3v) is 2.13. The number of anilines is 1. The number of ether oxygens (including phenoxy) is 3. The first kappa shape index (κ1) is 16.0. The average Bonchev–Trinajstić information content (AvgIpc) is 2.42. The number of amides is 1. The Hall–Kier alpha value is -2.06. The lowest BCUT2D eigenvalue weighted by Crippen LogP contribution is -2.25. The Morgan fingerprint density at radius 3 is 2.55 bits per heavy atom. The van der Waals surface area contributed by atoms with Crippen LogP contribution in [0.25, 0.3) is 0 Å². The van der Waals surface area contributed by atoms with Gasteiger partial charge in [-0.25, -0.2) is 9.78 Å². The van der Waals surface area contributed by atoms with Crippen molar-refractivity contribution < 1.29 is 24.1 Å². The summed E-state index contributed by atoms with van der Waals surface area (Å²) in [4.78, 5) is 14.1. The van der Waals surface area contributed by atoms with E-state index in [1.807, 2.05) is 0 Å². The van der Waals surface area contributed by atoms with Crippen molar-refractivity contribution >= 4 is 11.8 Å². The predicted octanol–water partition coefficient (Wildman–Crippen LogP) is 0.343. The van der Waals surface area contributed by atoms with E-state index >= 15 is 0 Å². The van der Waals surface area contributed by atoms with E-state index in [4.69, 9.17) is 25.1 Å². The Labute approximate surface area is 116 Å². The van der Waals surface area contributed by atoms with Crippen LogP contribution in [0.3, 0.4) is 0 Å². The molecule has 20 heavy (non-hydrogen) atoms. The SMILES string of the molecule is Nc1ccc(OCCOCCOCCNC(=O)O)nc1. The molecule has 0 bridgehead atoms. The Kier molecular flexibility index (Phi) is 7.85. The quantitative estimate of drug-likeness (QED) is 0.531. The minimum Gasteiger partial charge on any atom is -0.475 e. The van der Waals surface area contributed by atoms with E-state index in [0.29, 0.717) is 44.6 Å². The Morgan fingerprint density at radius 1 is 1.20 bits per heavy atom. The van der Waals surface area contributed by atoms with Gasteiger partial charge in [0.25, 0.3) is 0 Å². The second kappa shape index (κ2) is 9.82. The summed E-state index contributed by atoms with van der Waals surface area (Å²) in [5, 5.41) is 10.5. The lowest BCUT2D eigenvalue weighted by molar-refractivity contribution is 0.0368. The number of hydrogen-bond acceptors (Lipinski definition) is 6. The van der Waals surface area contributed by atoms with Gasteiger partial charge in [-0.2, -0.15) is 0 Å². The molecule has 0 saturated carbocycles. The van der Waals surface area contributed by atoms with Gasteiger partial charge in [0.15, 0.2) is 0 Å². The summed E-state index contributed by atoms with van der Waals surface area (Å²) in [6.07, 6.45) is 0.466. The lowest BCUT2D eigenvalue weighted by Gasteiger charge is -2.07. The molecule has 112 valence electrons. The highest BCUT2D eigenvalue weighted by atomic mass is 16.5. The molecule has 1 aromatic heterocycles. The normalized spacial score (nSPS) is 10.2. The van der Waals surface area contributed by atoms with E-state index in [1.165, 1.54) is 6.20 Å². The van der Waals surface area contributed by atoms with Crippen molar-refractivity contribution in [1.29, 1.82) is 0 Å². The largest absolute Gasteiger partial charge is 0.475 e. The summed E-state index contributed by atoms with van der Waals surface area (Å²) in [7, 11) is 0. The van der Waals surface area contributed by atoms with Gasteiger partial charge < -0.3 is 30.4 Å². The molecule has 0 aliphatic rings. The van der Waals surface area contributed by atoms with Gasteiger partial charge in [0, 0.05) is 12.6 Å². The van der Waals surface area contributed by atoms with Crippen LogP contribution in [0.1, 0.15) is 0 Å². The molecule has 0 saturated heterocycles. The lowest BCUT2D eigenvalue weighted by atomic mass is 10.4. The zero-order valence-corrected chi connectivity index (χ0v) is 11.1. The van der Waals surface area contributed by atoms with Crippen LogP contribution in [0.2, 0.25) is 0 Å². The number of aromatic nitrogens is 1. The van der Waals surface area contributed by atoms with Crippen LogP contribution in [0.4, 0.5) is 10.5 Å². The minimum absolute atomic E-state index is 0.265.